The largest absolute Gasteiger partial charge is 0.493 e. The van der Waals surface area contributed by atoms with Gasteiger partial charge in [0.05, 0.1) is 26.0 Å². The Kier molecular flexibility index (Phi) is 6.02. The molecule has 0 bridgehead atoms. The molecule has 0 aliphatic carbocycles. The minimum Gasteiger partial charge on any atom is -0.493 e. The van der Waals surface area contributed by atoms with Crippen LogP contribution in [0.2, 0.25) is 0 Å². The van der Waals surface area contributed by atoms with Crippen molar-refractivity contribution in [2.24, 2.45) is 5.10 Å². The lowest BCUT2D eigenvalue weighted by atomic mass is 9.94. The van der Waals surface area contributed by atoms with E-state index in [1.165, 1.54) is 6.42 Å². The molecule has 31 heavy (non-hydrogen) atoms. The number of likely N-dealkylation sites (tertiary alicyclic amines) is 1. The van der Waals surface area contributed by atoms with Crippen LogP contribution in [0, 0.1) is 0 Å². The molecule has 7 heteroatoms. The summed E-state index contributed by atoms with van der Waals surface area (Å²) in [7, 11) is 3.25. The van der Waals surface area contributed by atoms with Crippen LogP contribution in [-0.2, 0) is 6.42 Å². The molecule has 2 N–H and O–H groups in total. The molecule has 7 nitrogen and oxygen atoms in total. The highest BCUT2D eigenvalue weighted by molar-refractivity contribution is 6.14. The molecule has 2 amide bonds. The first-order valence-electron chi connectivity index (χ1n) is 10.8. The third-order valence-corrected chi connectivity index (χ3v) is 6.01. The summed E-state index contributed by atoms with van der Waals surface area (Å²) in [4.78, 5) is 15.3. The van der Waals surface area contributed by atoms with Crippen LogP contribution in [0.25, 0.3) is 0 Å². The normalized spacial score (nSPS) is 18.7. The number of benzene rings is 2. The van der Waals surface area contributed by atoms with Crippen LogP contribution in [-0.4, -0.2) is 55.0 Å². The van der Waals surface area contributed by atoms with Crippen molar-refractivity contribution in [2.45, 2.75) is 38.6 Å². The lowest BCUT2D eigenvalue weighted by Gasteiger charge is -2.33. The van der Waals surface area contributed by atoms with Gasteiger partial charge in [0.15, 0.2) is 11.5 Å². The van der Waals surface area contributed by atoms with Crippen molar-refractivity contribution in [2.75, 3.05) is 33.0 Å². The van der Waals surface area contributed by atoms with E-state index in [1.807, 2.05) is 48.2 Å². The van der Waals surface area contributed by atoms with Gasteiger partial charge in [-0.15, -0.1) is 0 Å². The van der Waals surface area contributed by atoms with E-state index in [2.05, 4.69) is 0 Å². The van der Waals surface area contributed by atoms with Crippen molar-refractivity contribution in [1.29, 1.82) is 0 Å². The van der Waals surface area contributed by atoms with E-state index in [4.69, 9.17) is 20.3 Å². The highest BCUT2D eigenvalue weighted by Gasteiger charge is 2.31. The van der Waals surface area contributed by atoms with Gasteiger partial charge in [0, 0.05) is 29.9 Å². The van der Waals surface area contributed by atoms with Crippen LogP contribution < -0.4 is 15.2 Å². The van der Waals surface area contributed by atoms with Crippen molar-refractivity contribution >= 4 is 17.4 Å². The molecular formula is C24H30N4O3. The lowest BCUT2D eigenvalue weighted by Crippen LogP contribution is -2.47. The molecule has 2 aliphatic rings. The topological polar surface area (TPSA) is 80.4 Å². The number of methoxy groups -OCH3 is 2. The Morgan fingerprint density at radius 1 is 1.03 bits per heavy atom. The fourth-order valence-electron chi connectivity index (χ4n) is 4.29. The average molecular weight is 423 g/mol. The van der Waals surface area contributed by atoms with Crippen molar-refractivity contribution in [3.05, 3.63) is 53.1 Å². The summed E-state index contributed by atoms with van der Waals surface area (Å²) in [6.07, 6.45) is 3.91. The van der Waals surface area contributed by atoms with Gasteiger partial charge in [-0.3, -0.25) is 0 Å². The molecule has 2 aromatic rings. The summed E-state index contributed by atoms with van der Waals surface area (Å²) in [6, 6.07) is 11.4. The molecule has 1 unspecified atom stereocenters. The second-order valence-corrected chi connectivity index (χ2v) is 8.16. The SMILES string of the molecule is COc1cc2c(cc1OC)C(c1ccc(N)cc1)=NN(C(=O)N1CCCCC1)C(C)C2. The summed E-state index contributed by atoms with van der Waals surface area (Å²) in [5, 5.41) is 6.57. The fourth-order valence-corrected chi connectivity index (χ4v) is 4.29. The van der Waals surface area contributed by atoms with Crippen LogP contribution in [0.4, 0.5) is 10.5 Å². The van der Waals surface area contributed by atoms with Gasteiger partial charge in [-0.05, 0) is 62.4 Å². The number of nitrogens with zero attached hydrogens (tertiary/aromatic N) is 3. The first kappa shape index (κ1) is 21.0. The van der Waals surface area contributed by atoms with Crippen LogP contribution in [0.5, 0.6) is 11.5 Å². The molecule has 2 heterocycles. The number of rotatable bonds is 3. The van der Waals surface area contributed by atoms with Crippen LogP contribution in [0.15, 0.2) is 41.5 Å². The Morgan fingerprint density at radius 3 is 2.32 bits per heavy atom. The highest BCUT2D eigenvalue weighted by atomic mass is 16.5. The summed E-state index contributed by atoms with van der Waals surface area (Å²) >= 11 is 0. The van der Waals surface area contributed by atoms with E-state index in [9.17, 15) is 4.79 Å². The third-order valence-electron chi connectivity index (χ3n) is 6.01. The first-order valence-corrected chi connectivity index (χ1v) is 10.8. The molecule has 0 radical (unpaired) electrons. The number of nitrogen functional groups attached to an aromatic ring is 1. The number of hydrogen-bond donors (Lipinski definition) is 1. The number of anilines is 1. The summed E-state index contributed by atoms with van der Waals surface area (Å²) in [5.41, 5.74) is 10.2. The first-order chi connectivity index (χ1) is 15.0. The molecule has 1 fully saturated rings. The predicted octanol–water partition coefficient (Wildman–Crippen LogP) is 3.89. The molecule has 1 atom stereocenters. The molecule has 4 rings (SSSR count). The van der Waals surface area contributed by atoms with Gasteiger partial charge in [-0.2, -0.15) is 5.10 Å². The van der Waals surface area contributed by atoms with Gasteiger partial charge in [0.25, 0.3) is 0 Å². The second-order valence-electron chi connectivity index (χ2n) is 8.16. The number of carbonyl (C=O) groups is 1. The van der Waals surface area contributed by atoms with E-state index in [-0.39, 0.29) is 12.1 Å². The minimum atomic E-state index is -0.0995. The molecule has 2 aliphatic heterocycles. The molecule has 0 aromatic heterocycles. The third kappa shape index (κ3) is 4.17. The van der Waals surface area contributed by atoms with Gasteiger partial charge >= 0.3 is 6.03 Å². The number of amides is 2. The zero-order valence-electron chi connectivity index (χ0n) is 18.4. The summed E-state index contributed by atoms with van der Waals surface area (Å²) < 4.78 is 11.1. The standard InChI is InChI=1S/C24H30N4O3/c1-16-13-18-14-21(30-2)22(31-3)15-20(18)23(17-7-9-19(25)10-8-17)26-28(16)24(29)27-11-5-4-6-12-27/h7-10,14-16H,4-6,11-13,25H2,1-3H3. The number of hydrazone groups is 1. The van der Waals surface area contributed by atoms with Crippen LogP contribution >= 0.6 is 0 Å². The molecule has 2 aromatic carbocycles. The second kappa shape index (κ2) is 8.88. The number of urea groups is 1. The lowest BCUT2D eigenvalue weighted by molar-refractivity contribution is 0.130. The molecular weight excluding hydrogens is 392 g/mol. The quantitative estimate of drug-likeness (QED) is 0.761. The number of ether oxygens (including phenoxy) is 2. The molecule has 1 saturated heterocycles. The smallest absolute Gasteiger partial charge is 0.340 e. The zero-order chi connectivity index (χ0) is 22.0. The molecule has 0 saturated carbocycles. The Labute approximate surface area is 183 Å². The maximum Gasteiger partial charge on any atom is 0.340 e. The number of nitrogens with two attached hydrogens (primary N) is 1. The predicted molar refractivity (Wildman–Crippen MR) is 122 cm³/mol. The summed E-state index contributed by atoms with van der Waals surface area (Å²) in [5.74, 6) is 1.30. The van der Waals surface area contributed by atoms with E-state index in [0.29, 0.717) is 23.6 Å². The van der Waals surface area contributed by atoms with Crippen LogP contribution in [0.3, 0.4) is 0 Å². The molecule has 0 spiro atoms. The van der Waals surface area contributed by atoms with E-state index < -0.39 is 0 Å². The monoisotopic (exact) mass is 422 g/mol. The van der Waals surface area contributed by atoms with Crippen molar-refractivity contribution in [3.8, 4) is 11.5 Å². The number of fused-ring (bicyclic) bond motifs is 1. The Hall–Kier alpha value is -3.22. The Balaban J connectivity index is 1.84. The van der Waals surface area contributed by atoms with E-state index >= 15 is 0 Å². The van der Waals surface area contributed by atoms with Gasteiger partial charge in [0.2, 0.25) is 0 Å². The van der Waals surface area contributed by atoms with Gasteiger partial charge in [0.1, 0.15) is 0 Å². The average Bonchev–Trinajstić information content (AvgIpc) is 2.94. The number of hydrogen-bond acceptors (Lipinski definition) is 5. The van der Waals surface area contributed by atoms with Gasteiger partial charge in [-0.25, -0.2) is 9.80 Å². The maximum absolute atomic E-state index is 13.4. The van der Waals surface area contributed by atoms with Gasteiger partial charge in [-0.1, -0.05) is 12.1 Å². The number of carbonyl (C=O) groups excluding carboxylic acids is 1. The highest BCUT2D eigenvalue weighted by Crippen LogP contribution is 2.35. The fraction of sp³-hybridized carbons (Fsp3) is 0.417. The summed E-state index contributed by atoms with van der Waals surface area (Å²) in [6.45, 7) is 3.60. The Bertz CT molecular complexity index is 981. The van der Waals surface area contributed by atoms with Crippen LogP contribution in [0.1, 0.15) is 42.9 Å². The van der Waals surface area contributed by atoms with Crippen molar-refractivity contribution < 1.29 is 14.3 Å². The molecule has 164 valence electrons. The van der Waals surface area contributed by atoms with Crippen molar-refractivity contribution in [3.63, 3.8) is 0 Å². The number of piperidine rings is 1. The zero-order valence-corrected chi connectivity index (χ0v) is 18.4. The maximum atomic E-state index is 13.4. The minimum absolute atomic E-state index is 0.0353. The van der Waals surface area contributed by atoms with Crippen molar-refractivity contribution in [1.82, 2.24) is 9.91 Å². The van der Waals surface area contributed by atoms with E-state index in [0.717, 1.165) is 48.3 Å². The van der Waals surface area contributed by atoms with E-state index in [1.54, 1.807) is 19.2 Å². The Morgan fingerprint density at radius 2 is 1.68 bits per heavy atom. The van der Waals surface area contributed by atoms with Gasteiger partial charge < -0.3 is 20.1 Å².